The maximum Gasteiger partial charge on any atom is 0.258 e. The Balaban J connectivity index is 1.84. The van der Waals surface area contributed by atoms with Crippen molar-refractivity contribution >= 4 is 58.1 Å². The molecule has 1 aromatic carbocycles. The van der Waals surface area contributed by atoms with Gasteiger partial charge < -0.3 is 9.84 Å². The van der Waals surface area contributed by atoms with E-state index < -0.39 is 10.7 Å². The number of nitrogens with one attached hydrogen (secondary N) is 1. The number of benzene rings is 1. The van der Waals surface area contributed by atoms with Crippen LogP contribution in [0.1, 0.15) is 0 Å². The lowest BCUT2D eigenvalue weighted by Crippen LogP contribution is -2.19. The van der Waals surface area contributed by atoms with Crippen molar-refractivity contribution in [3.05, 3.63) is 52.6 Å². The molecule has 1 amide bonds. The summed E-state index contributed by atoms with van der Waals surface area (Å²) in [6.07, 6.45) is 1.52. The molecule has 5 nitrogen and oxygen atoms in total. The highest BCUT2D eigenvalue weighted by atomic mass is 35.5. The molecule has 0 aliphatic heterocycles. The van der Waals surface area contributed by atoms with E-state index in [0.29, 0.717) is 38.4 Å². The van der Waals surface area contributed by atoms with Crippen LogP contribution in [0.5, 0.6) is 0 Å². The Morgan fingerprint density at radius 1 is 1.12 bits per heavy atom. The summed E-state index contributed by atoms with van der Waals surface area (Å²) in [5.74, 6) is 0.233. The molecule has 128 valence electrons. The number of nitrogens with zero attached hydrogens (tertiary/aromatic N) is 2. The molecule has 3 rings (SSSR count). The molecule has 0 bridgehead atoms. The van der Waals surface area contributed by atoms with Crippen LogP contribution >= 0.6 is 46.4 Å². The Morgan fingerprint density at radius 3 is 2.44 bits per heavy atom. The molecule has 0 aliphatic carbocycles. The van der Waals surface area contributed by atoms with Crippen LogP contribution in [0.2, 0.25) is 10.0 Å². The van der Waals surface area contributed by atoms with Crippen molar-refractivity contribution < 1.29 is 9.32 Å². The zero-order valence-corrected chi connectivity index (χ0v) is 15.4. The van der Waals surface area contributed by atoms with Gasteiger partial charge in [-0.25, -0.2) is 4.98 Å². The van der Waals surface area contributed by atoms with E-state index in [-0.39, 0.29) is 0 Å². The van der Waals surface area contributed by atoms with Crippen LogP contribution in [0.3, 0.4) is 0 Å². The minimum absolute atomic E-state index is 0.314. The van der Waals surface area contributed by atoms with Crippen molar-refractivity contribution in [3.63, 3.8) is 0 Å². The summed E-state index contributed by atoms with van der Waals surface area (Å²) in [5, 5.41) is 7.42. The summed E-state index contributed by atoms with van der Waals surface area (Å²) < 4.78 is 5.34. The van der Waals surface area contributed by atoms with Gasteiger partial charge in [0.1, 0.15) is 11.5 Å². The summed E-state index contributed by atoms with van der Waals surface area (Å²) in [5.41, 5.74) is 1.76. The highest BCUT2D eigenvalue weighted by Crippen LogP contribution is 2.35. The average Bonchev–Trinajstić information content (AvgIpc) is 3.05. The molecule has 0 spiro atoms. The smallest absolute Gasteiger partial charge is 0.258 e. The second-order valence-corrected chi connectivity index (χ2v) is 6.81. The SMILES string of the molecule is O=C(Nc1ccc(-c2cc(-c3c(Cl)cccc3Cl)no2)cn1)C(Cl)Cl. The van der Waals surface area contributed by atoms with Gasteiger partial charge in [0, 0.05) is 23.4 Å². The van der Waals surface area contributed by atoms with Crippen molar-refractivity contribution in [2.24, 2.45) is 0 Å². The van der Waals surface area contributed by atoms with Crippen molar-refractivity contribution in [3.8, 4) is 22.6 Å². The lowest BCUT2D eigenvalue weighted by Gasteiger charge is -2.04. The van der Waals surface area contributed by atoms with Gasteiger partial charge in [0.05, 0.1) is 10.0 Å². The van der Waals surface area contributed by atoms with Crippen LogP contribution in [0.4, 0.5) is 5.82 Å². The van der Waals surface area contributed by atoms with Gasteiger partial charge in [0.25, 0.3) is 5.91 Å². The molecule has 1 N–H and O–H groups in total. The molecular weight excluding hydrogens is 408 g/mol. The van der Waals surface area contributed by atoms with Gasteiger partial charge in [-0.2, -0.15) is 0 Å². The van der Waals surface area contributed by atoms with Gasteiger partial charge >= 0.3 is 0 Å². The highest BCUT2D eigenvalue weighted by Gasteiger charge is 2.15. The maximum atomic E-state index is 11.4. The molecular formula is C16H9Cl4N3O2. The topological polar surface area (TPSA) is 68.0 Å². The first-order valence-corrected chi connectivity index (χ1v) is 8.55. The van der Waals surface area contributed by atoms with E-state index in [1.54, 1.807) is 36.4 Å². The van der Waals surface area contributed by atoms with Crippen LogP contribution in [-0.4, -0.2) is 20.9 Å². The molecule has 0 aliphatic rings. The Hall–Kier alpha value is -1.79. The fourth-order valence-electron chi connectivity index (χ4n) is 2.07. The monoisotopic (exact) mass is 415 g/mol. The van der Waals surface area contributed by atoms with Crippen LogP contribution in [0, 0.1) is 0 Å². The zero-order valence-electron chi connectivity index (χ0n) is 12.3. The number of alkyl halides is 2. The third-order valence-electron chi connectivity index (χ3n) is 3.23. The van der Waals surface area contributed by atoms with E-state index >= 15 is 0 Å². The molecule has 0 radical (unpaired) electrons. The number of pyridine rings is 1. The molecule has 9 heteroatoms. The molecule has 3 aromatic rings. The number of amides is 1. The summed E-state index contributed by atoms with van der Waals surface area (Å²) in [6.45, 7) is 0. The summed E-state index contributed by atoms with van der Waals surface area (Å²) >= 11 is 23.3. The van der Waals surface area contributed by atoms with Crippen molar-refractivity contribution in [2.75, 3.05) is 5.32 Å². The van der Waals surface area contributed by atoms with Crippen molar-refractivity contribution in [1.29, 1.82) is 0 Å². The molecule has 2 aromatic heterocycles. The van der Waals surface area contributed by atoms with E-state index in [0.717, 1.165) is 0 Å². The molecule has 0 unspecified atom stereocenters. The number of hydrogen-bond donors (Lipinski definition) is 1. The fourth-order valence-corrected chi connectivity index (χ4v) is 2.77. The Morgan fingerprint density at radius 2 is 1.84 bits per heavy atom. The predicted molar refractivity (Wildman–Crippen MR) is 99.3 cm³/mol. The van der Waals surface area contributed by atoms with Crippen LogP contribution < -0.4 is 5.32 Å². The second kappa shape index (κ2) is 7.62. The Labute approximate surface area is 162 Å². The number of carbonyl (C=O) groups excluding carboxylic acids is 1. The van der Waals surface area contributed by atoms with Crippen molar-refractivity contribution in [1.82, 2.24) is 10.1 Å². The van der Waals surface area contributed by atoms with Crippen LogP contribution in [0.15, 0.2) is 47.1 Å². The summed E-state index contributed by atoms with van der Waals surface area (Å²) in [6, 6.07) is 10.2. The standard InChI is InChI=1S/C16H9Cl4N3O2/c17-9-2-1-3-10(18)14(9)11-6-12(25-23-11)8-4-5-13(21-7-8)22-16(24)15(19)20/h1-7,15H,(H,21,22,24). The Bertz CT molecular complexity index is 890. The minimum atomic E-state index is -1.17. The second-order valence-electron chi connectivity index (χ2n) is 4.90. The van der Waals surface area contributed by atoms with E-state index in [9.17, 15) is 4.79 Å². The minimum Gasteiger partial charge on any atom is -0.356 e. The molecule has 0 saturated carbocycles. The molecule has 2 heterocycles. The number of carbonyl (C=O) groups is 1. The first-order chi connectivity index (χ1) is 12.0. The van der Waals surface area contributed by atoms with E-state index in [4.69, 9.17) is 50.9 Å². The predicted octanol–water partition coefficient (Wildman–Crippen LogP) is 5.45. The van der Waals surface area contributed by atoms with Gasteiger partial charge in [-0.15, -0.1) is 0 Å². The van der Waals surface area contributed by atoms with Crippen LogP contribution in [0.25, 0.3) is 22.6 Å². The third-order valence-corrected chi connectivity index (χ3v) is 4.25. The highest BCUT2D eigenvalue weighted by molar-refractivity contribution is 6.54. The number of hydrogen-bond acceptors (Lipinski definition) is 4. The van der Waals surface area contributed by atoms with Gasteiger partial charge in [0.15, 0.2) is 10.6 Å². The zero-order chi connectivity index (χ0) is 18.0. The summed E-state index contributed by atoms with van der Waals surface area (Å²) in [7, 11) is 0. The van der Waals surface area contributed by atoms with Crippen LogP contribution in [-0.2, 0) is 4.79 Å². The quantitative estimate of drug-likeness (QED) is 0.574. The molecule has 0 atom stereocenters. The lowest BCUT2D eigenvalue weighted by molar-refractivity contribution is -0.114. The van der Waals surface area contributed by atoms with Gasteiger partial charge in [-0.1, -0.05) is 57.6 Å². The van der Waals surface area contributed by atoms with Crippen molar-refractivity contribution in [2.45, 2.75) is 4.84 Å². The third kappa shape index (κ3) is 4.07. The Kier molecular flexibility index (Phi) is 5.49. The first kappa shape index (κ1) is 18.0. The van der Waals surface area contributed by atoms with Gasteiger partial charge in [-0.3, -0.25) is 4.79 Å². The van der Waals surface area contributed by atoms with E-state index in [1.807, 2.05) is 0 Å². The van der Waals surface area contributed by atoms with E-state index in [2.05, 4.69) is 15.5 Å². The first-order valence-electron chi connectivity index (χ1n) is 6.92. The number of rotatable bonds is 4. The average molecular weight is 417 g/mol. The van der Waals surface area contributed by atoms with E-state index in [1.165, 1.54) is 6.20 Å². The van der Waals surface area contributed by atoms with Gasteiger partial charge in [0.2, 0.25) is 0 Å². The summed E-state index contributed by atoms with van der Waals surface area (Å²) in [4.78, 5) is 14.4. The largest absolute Gasteiger partial charge is 0.356 e. The maximum absolute atomic E-state index is 11.4. The number of anilines is 1. The van der Waals surface area contributed by atoms with Gasteiger partial charge in [-0.05, 0) is 24.3 Å². The lowest BCUT2D eigenvalue weighted by atomic mass is 10.1. The molecule has 25 heavy (non-hydrogen) atoms. The number of halogens is 4. The number of aromatic nitrogens is 2. The molecule has 0 saturated heterocycles. The molecule has 0 fully saturated rings. The normalized spacial score (nSPS) is 10.9. The fraction of sp³-hybridized carbons (Fsp3) is 0.0625.